The van der Waals surface area contributed by atoms with E-state index in [0.717, 1.165) is 19.5 Å². The van der Waals surface area contributed by atoms with Crippen LogP contribution in [0.4, 0.5) is 0 Å². The molecule has 3 rings (SSSR count). The van der Waals surface area contributed by atoms with Gasteiger partial charge in [-0.25, -0.2) is 0 Å². The summed E-state index contributed by atoms with van der Waals surface area (Å²) in [6, 6.07) is 10.9. The van der Waals surface area contributed by atoms with Crippen LogP contribution in [0, 0.1) is 0 Å². The second-order valence-corrected chi connectivity index (χ2v) is 7.41. The lowest BCUT2D eigenvalue weighted by Gasteiger charge is -2.17. The van der Waals surface area contributed by atoms with Crippen molar-refractivity contribution < 1.29 is 4.79 Å². The molecule has 1 aliphatic carbocycles. The number of halogens is 1. The summed E-state index contributed by atoms with van der Waals surface area (Å²) in [5.74, 6) is 0.198. The molecule has 1 aromatic rings. The zero-order valence-electron chi connectivity index (χ0n) is 12.1. The predicted octanol–water partition coefficient (Wildman–Crippen LogP) is 2.99. The highest BCUT2D eigenvalue weighted by Crippen LogP contribution is 2.51. The summed E-state index contributed by atoms with van der Waals surface area (Å²) in [5.41, 5.74) is 0. The van der Waals surface area contributed by atoms with E-state index in [1.54, 1.807) is 0 Å². The lowest BCUT2D eigenvalue weighted by Crippen LogP contribution is -2.36. The van der Waals surface area contributed by atoms with Gasteiger partial charge in [0.2, 0.25) is 5.91 Å². The molecule has 21 heavy (non-hydrogen) atoms. The SMILES string of the molecule is Cl.O=C(CC1CCCN1)NCC1(Sc2ccccc2)CC1. The normalized spacial score (nSPS) is 22.4. The van der Waals surface area contributed by atoms with Crippen LogP contribution in [0.3, 0.4) is 0 Å². The van der Waals surface area contributed by atoms with E-state index in [0.29, 0.717) is 12.5 Å². The second-order valence-electron chi connectivity index (χ2n) is 5.87. The minimum absolute atomic E-state index is 0. The van der Waals surface area contributed by atoms with E-state index < -0.39 is 0 Å². The molecule has 2 N–H and O–H groups in total. The van der Waals surface area contributed by atoms with E-state index in [2.05, 4.69) is 34.9 Å². The summed E-state index contributed by atoms with van der Waals surface area (Å²) in [6.45, 7) is 1.86. The maximum atomic E-state index is 12.0. The van der Waals surface area contributed by atoms with Gasteiger partial charge in [-0.1, -0.05) is 18.2 Å². The Bertz CT molecular complexity index is 459. The van der Waals surface area contributed by atoms with Crippen LogP contribution in [-0.4, -0.2) is 29.8 Å². The van der Waals surface area contributed by atoms with Gasteiger partial charge in [-0.3, -0.25) is 4.79 Å². The van der Waals surface area contributed by atoms with Crippen molar-refractivity contribution in [2.24, 2.45) is 0 Å². The average Bonchev–Trinajstić information content (AvgIpc) is 3.03. The number of carbonyl (C=O) groups excluding carboxylic acids is 1. The molecule has 0 aromatic heterocycles. The summed E-state index contributed by atoms with van der Waals surface area (Å²) < 4.78 is 0.250. The number of hydrogen-bond acceptors (Lipinski definition) is 3. The lowest BCUT2D eigenvalue weighted by atomic mass is 10.1. The van der Waals surface area contributed by atoms with Gasteiger partial charge in [0.25, 0.3) is 0 Å². The molecule has 1 aliphatic heterocycles. The summed E-state index contributed by atoms with van der Waals surface area (Å²) in [6.07, 6.45) is 5.37. The number of carbonyl (C=O) groups is 1. The smallest absolute Gasteiger partial charge is 0.221 e. The van der Waals surface area contributed by atoms with Gasteiger partial charge in [0.05, 0.1) is 0 Å². The van der Waals surface area contributed by atoms with Crippen molar-refractivity contribution in [2.75, 3.05) is 13.1 Å². The first kappa shape index (κ1) is 16.7. The number of thioether (sulfide) groups is 1. The molecule has 0 bridgehead atoms. The van der Waals surface area contributed by atoms with Gasteiger partial charge in [0.15, 0.2) is 0 Å². The van der Waals surface area contributed by atoms with Crippen molar-refractivity contribution in [3.63, 3.8) is 0 Å². The highest BCUT2D eigenvalue weighted by atomic mass is 35.5. The van der Waals surface area contributed by atoms with E-state index in [1.165, 1.54) is 24.2 Å². The van der Waals surface area contributed by atoms with Crippen LogP contribution in [0.15, 0.2) is 35.2 Å². The fraction of sp³-hybridized carbons (Fsp3) is 0.562. The molecular formula is C16H23ClN2OS. The van der Waals surface area contributed by atoms with Crippen LogP contribution in [-0.2, 0) is 4.79 Å². The Kier molecular flexibility index (Phi) is 5.97. The van der Waals surface area contributed by atoms with E-state index in [-0.39, 0.29) is 23.1 Å². The van der Waals surface area contributed by atoms with E-state index in [1.807, 2.05) is 17.8 Å². The molecular weight excluding hydrogens is 304 g/mol. The van der Waals surface area contributed by atoms with E-state index in [4.69, 9.17) is 0 Å². The average molecular weight is 327 g/mol. The number of amides is 1. The molecule has 5 heteroatoms. The molecule has 1 unspecified atom stereocenters. The van der Waals surface area contributed by atoms with Crippen molar-refractivity contribution in [1.29, 1.82) is 0 Å². The summed E-state index contributed by atoms with van der Waals surface area (Å²) in [5, 5.41) is 6.51. The molecule has 2 aliphatic rings. The van der Waals surface area contributed by atoms with Crippen LogP contribution in [0.25, 0.3) is 0 Å². The molecule has 1 atom stereocenters. The standard InChI is InChI=1S/C16H22N2OS.ClH/c19-15(11-13-5-4-10-17-13)18-12-16(8-9-16)20-14-6-2-1-3-7-14;/h1-3,6-7,13,17H,4-5,8-12H2,(H,18,19);1H. The van der Waals surface area contributed by atoms with Gasteiger partial charge in [0, 0.05) is 28.6 Å². The topological polar surface area (TPSA) is 41.1 Å². The third-order valence-electron chi connectivity index (χ3n) is 4.09. The molecule has 3 nitrogen and oxygen atoms in total. The first-order valence-corrected chi connectivity index (χ1v) is 8.32. The third kappa shape index (κ3) is 4.90. The van der Waals surface area contributed by atoms with Crippen LogP contribution in [0.5, 0.6) is 0 Å². The molecule has 1 saturated carbocycles. The van der Waals surface area contributed by atoms with E-state index >= 15 is 0 Å². The number of benzene rings is 1. The molecule has 1 amide bonds. The van der Waals surface area contributed by atoms with Crippen molar-refractivity contribution in [3.8, 4) is 0 Å². The minimum Gasteiger partial charge on any atom is -0.355 e. The lowest BCUT2D eigenvalue weighted by molar-refractivity contribution is -0.121. The van der Waals surface area contributed by atoms with E-state index in [9.17, 15) is 4.79 Å². The van der Waals surface area contributed by atoms with Gasteiger partial charge in [-0.2, -0.15) is 0 Å². The van der Waals surface area contributed by atoms with Gasteiger partial charge >= 0.3 is 0 Å². The Morgan fingerprint density at radius 2 is 2.10 bits per heavy atom. The van der Waals surface area contributed by atoms with Crippen molar-refractivity contribution >= 4 is 30.1 Å². The Balaban J connectivity index is 0.00000161. The zero-order valence-corrected chi connectivity index (χ0v) is 13.8. The molecule has 116 valence electrons. The van der Waals surface area contributed by atoms with Gasteiger partial charge in [-0.15, -0.1) is 24.2 Å². The van der Waals surface area contributed by atoms with Crippen molar-refractivity contribution in [3.05, 3.63) is 30.3 Å². The van der Waals surface area contributed by atoms with Crippen LogP contribution in [0.2, 0.25) is 0 Å². The highest BCUT2D eigenvalue weighted by Gasteiger charge is 2.43. The molecule has 2 fully saturated rings. The first-order valence-electron chi connectivity index (χ1n) is 7.50. The predicted molar refractivity (Wildman–Crippen MR) is 90.2 cm³/mol. The summed E-state index contributed by atoms with van der Waals surface area (Å²) in [7, 11) is 0. The van der Waals surface area contributed by atoms with Crippen LogP contribution < -0.4 is 10.6 Å². The molecule has 0 spiro atoms. The second kappa shape index (κ2) is 7.52. The molecule has 0 radical (unpaired) electrons. The molecule has 1 aromatic carbocycles. The number of hydrogen-bond donors (Lipinski definition) is 2. The zero-order chi connectivity index (χ0) is 13.8. The van der Waals surface area contributed by atoms with Crippen LogP contribution >= 0.6 is 24.2 Å². The first-order chi connectivity index (χ1) is 9.76. The largest absolute Gasteiger partial charge is 0.355 e. The Labute approximate surface area is 137 Å². The third-order valence-corrected chi connectivity index (χ3v) is 5.58. The maximum Gasteiger partial charge on any atom is 0.221 e. The van der Waals surface area contributed by atoms with Crippen LogP contribution in [0.1, 0.15) is 32.1 Å². The number of rotatable bonds is 6. The quantitative estimate of drug-likeness (QED) is 0.844. The minimum atomic E-state index is 0. The highest BCUT2D eigenvalue weighted by molar-refractivity contribution is 8.01. The monoisotopic (exact) mass is 326 g/mol. The molecule has 1 heterocycles. The van der Waals surface area contributed by atoms with Gasteiger partial charge in [0.1, 0.15) is 0 Å². The van der Waals surface area contributed by atoms with Crippen molar-refractivity contribution in [1.82, 2.24) is 10.6 Å². The fourth-order valence-electron chi connectivity index (χ4n) is 2.68. The van der Waals surface area contributed by atoms with Crippen molar-refractivity contribution in [2.45, 2.75) is 47.8 Å². The fourth-order valence-corrected chi connectivity index (χ4v) is 3.92. The summed E-state index contributed by atoms with van der Waals surface area (Å²) >= 11 is 1.91. The Morgan fingerprint density at radius 1 is 1.33 bits per heavy atom. The molecule has 1 saturated heterocycles. The summed E-state index contributed by atoms with van der Waals surface area (Å²) in [4.78, 5) is 13.3. The van der Waals surface area contributed by atoms with Gasteiger partial charge < -0.3 is 10.6 Å². The maximum absolute atomic E-state index is 12.0. The number of nitrogens with one attached hydrogen (secondary N) is 2. The Morgan fingerprint density at radius 3 is 2.71 bits per heavy atom. The Hall–Kier alpha value is -0.710. The van der Waals surface area contributed by atoms with Gasteiger partial charge in [-0.05, 0) is 44.4 Å².